The van der Waals surface area contributed by atoms with Crippen LogP contribution >= 0.6 is 11.3 Å². The van der Waals surface area contributed by atoms with Gasteiger partial charge in [0.2, 0.25) is 10.0 Å². The Morgan fingerprint density at radius 2 is 2.11 bits per heavy atom. The van der Waals surface area contributed by atoms with Crippen molar-refractivity contribution in [1.82, 2.24) is 5.16 Å². The van der Waals surface area contributed by atoms with Crippen molar-refractivity contribution in [3.8, 4) is 11.3 Å². The van der Waals surface area contributed by atoms with E-state index < -0.39 is 20.9 Å². The molecule has 0 bridgehead atoms. The van der Waals surface area contributed by atoms with E-state index in [1.54, 1.807) is 13.8 Å². The van der Waals surface area contributed by atoms with Gasteiger partial charge >= 0.3 is 5.97 Å². The molecule has 0 radical (unpaired) electrons. The molecule has 2 aromatic heterocycles. The van der Waals surface area contributed by atoms with E-state index in [1.165, 1.54) is 5.38 Å². The SMILES string of the molecule is Cc1noc(-c2csc(C(=O)O)c2S(N)(=O)=O)c1C. The number of hydrogen-bond donors (Lipinski definition) is 2. The Morgan fingerprint density at radius 1 is 1.47 bits per heavy atom. The topological polar surface area (TPSA) is 123 Å². The number of primary sulfonamides is 1. The minimum Gasteiger partial charge on any atom is -0.477 e. The summed E-state index contributed by atoms with van der Waals surface area (Å²) >= 11 is 0.777. The van der Waals surface area contributed by atoms with Gasteiger partial charge in [-0.3, -0.25) is 0 Å². The van der Waals surface area contributed by atoms with Gasteiger partial charge in [0.15, 0.2) is 5.76 Å². The van der Waals surface area contributed by atoms with Gasteiger partial charge in [-0.15, -0.1) is 11.3 Å². The highest BCUT2D eigenvalue weighted by atomic mass is 32.2. The molecule has 0 amide bonds. The molecule has 0 fully saturated rings. The molecule has 3 N–H and O–H groups in total. The molecule has 0 aliphatic heterocycles. The summed E-state index contributed by atoms with van der Waals surface area (Å²) in [5, 5.41) is 19.2. The quantitative estimate of drug-likeness (QED) is 0.882. The lowest BCUT2D eigenvalue weighted by molar-refractivity contribution is 0.0698. The molecule has 0 aliphatic rings. The summed E-state index contributed by atoms with van der Waals surface area (Å²) in [6.07, 6.45) is 0. The third-order valence-electron chi connectivity index (χ3n) is 2.63. The minimum atomic E-state index is -4.18. The van der Waals surface area contributed by atoms with Gasteiger partial charge in [0.05, 0.1) is 11.3 Å². The molecule has 102 valence electrons. The van der Waals surface area contributed by atoms with Gasteiger partial charge in [-0.2, -0.15) is 0 Å². The lowest BCUT2D eigenvalue weighted by atomic mass is 10.1. The van der Waals surface area contributed by atoms with Crippen molar-refractivity contribution >= 4 is 27.3 Å². The number of aryl methyl sites for hydroxylation is 1. The number of rotatable bonds is 3. The molecule has 0 unspecified atom stereocenters. The fourth-order valence-corrected chi connectivity index (χ4v) is 3.75. The average molecular weight is 302 g/mol. The number of thiophene rings is 1. The molecule has 0 saturated carbocycles. The Balaban J connectivity index is 2.80. The third kappa shape index (κ3) is 2.27. The summed E-state index contributed by atoms with van der Waals surface area (Å²) in [5.74, 6) is -1.14. The summed E-state index contributed by atoms with van der Waals surface area (Å²) in [6.45, 7) is 3.40. The molecule has 19 heavy (non-hydrogen) atoms. The van der Waals surface area contributed by atoms with Gasteiger partial charge in [-0.1, -0.05) is 5.16 Å². The molecule has 0 aromatic carbocycles. The first kappa shape index (κ1) is 13.7. The molecule has 9 heteroatoms. The van der Waals surface area contributed by atoms with Gasteiger partial charge in [-0.25, -0.2) is 18.4 Å². The van der Waals surface area contributed by atoms with Crippen LogP contribution in [0.4, 0.5) is 0 Å². The standard InChI is InChI=1S/C10H10N2O5S2/c1-4-5(2)12-17-7(4)6-3-18-8(10(13)14)9(6)19(11,15)16/h3H,1-2H3,(H,13,14)(H2,11,15,16). The lowest BCUT2D eigenvalue weighted by Gasteiger charge is -2.01. The van der Waals surface area contributed by atoms with Crippen LogP contribution in [-0.4, -0.2) is 24.7 Å². The predicted molar refractivity (Wildman–Crippen MR) is 67.6 cm³/mol. The van der Waals surface area contributed by atoms with Crippen LogP contribution in [0.3, 0.4) is 0 Å². The Labute approximate surface area is 112 Å². The number of carbonyl (C=O) groups is 1. The Kier molecular flexibility index (Phi) is 3.20. The Bertz CT molecular complexity index is 757. The second kappa shape index (κ2) is 4.44. The highest BCUT2D eigenvalue weighted by molar-refractivity contribution is 7.89. The normalized spacial score (nSPS) is 11.7. The number of nitrogens with two attached hydrogens (primary N) is 1. The number of aromatic carboxylic acids is 1. The van der Waals surface area contributed by atoms with E-state index in [0.717, 1.165) is 11.3 Å². The molecule has 2 rings (SSSR count). The third-order valence-corrected chi connectivity index (χ3v) is 4.72. The smallest absolute Gasteiger partial charge is 0.347 e. The number of carboxylic acids is 1. The summed E-state index contributed by atoms with van der Waals surface area (Å²) in [7, 11) is -4.18. The summed E-state index contributed by atoms with van der Waals surface area (Å²) in [6, 6.07) is 0. The second-order valence-electron chi connectivity index (χ2n) is 3.88. The zero-order valence-electron chi connectivity index (χ0n) is 10.00. The van der Waals surface area contributed by atoms with E-state index in [0.29, 0.717) is 11.3 Å². The fraction of sp³-hybridized carbons (Fsp3) is 0.200. The van der Waals surface area contributed by atoms with E-state index in [-0.39, 0.29) is 16.2 Å². The fourth-order valence-electron chi connectivity index (χ4n) is 1.60. The summed E-state index contributed by atoms with van der Waals surface area (Å²) < 4.78 is 28.2. The largest absolute Gasteiger partial charge is 0.477 e. The summed E-state index contributed by atoms with van der Waals surface area (Å²) in [4.78, 5) is 10.3. The number of hydrogen-bond acceptors (Lipinski definition) is 6. The van der Waals surface area contributed by atoms with Gasteiger partial charge in [0.1, 0.15) is 9.77 Å². The van der Waals surface area contributed by atoms with Gasteiger partial charge in [0.25, 0.3) is 0 Å². The predicted octanol–water partition coefficient (Wildman–Crippen LogP) is 1.37. The van der Waals surface area contributed by atoms with Crippen molar-refractivity contribution < 1.29 is 22.8 Å². The Hall–Kier alpha value is -1.71. The highest BCUT2D eigenvalue weighted by Crippen LogP contribution is 2.36. The molecule has 0 atom stereocenters. The first-order valence-corrected chi connectivity index (χ1v) is 7.47. The number of nitrogens with zero attached hydrogens (tertiary/aromatic N) is 1. The van der Waals surface area contributed by atoms with E-state index in [9.17, 15) is 13.2 Å². The van der Waals surface area contributed by atoms with Crippen molar-refractivity contribution in [2.75, 3.05) is 0 Å². The first-order valence-electron chi connectivity index (χ1n) is 5.04. The van der Waals surface area contributed by atoms with Crippen molar-refractivity contribution in [3.63, 3.8) is 0 Å². The minimum absolute atomic E-state index is 0.128. The molecular weight excluding hydrogens is 292 g/mol. The van der Waals surface area contributed by atoms with Gasteiger partial charge in [0, 0.05) is 10.9 Å². The maximum atomic E-state index is 11.6. The molecular formula is C10H10N2O5S2. The van der Waals surface area contributed by atoms with Crippen LogP contribution in [0.25, 0.3) is 11.3 Å². The molecule has 7 nitrogen and oxygen atoms in total. The second-order valence-corrected chi connectivity index (χ2v) is 6.26. The van der Waals surface area contributed by atoms with E-state index in [2.05, 4.69) is 5.16 Å². The summed E-state index contributed by atoms with van der Waals surface area (Å²) in [5.41, 5.74) is 1.36. The Morgan fingerprint density at radius 3 is 2.53 bits per heavy atom. The average Bonchev–Trinajstić information content (AvgIpc) is 2.83. The molecule has 0 aliphatic carbocycles. The van der Waals surface area contributed by atoms with Crippen LogP contribution in [0.5, 0.6) is 0 Å². The van der Waals surface area contributed by atoms with Crippen molar-refractivity contribution in [1.29, 1.82) is 0 Å². The lowest BCUT2D eigenvalue weighted by Crippen LogP contribution is -2.15. The van der Waals surface area contributed by atoms with Crippen LogP contribution in [0.15, 0.2) is 14.8 Å². The van der Waals surface area contributed by atoms with E-state index in [1.807, 2.05) is 0 Å². The number of carboxylic acid groups (broad SMARTS) is 1. The zero-order chi connectivity index (χ0) is 14.4. The number of sulfonamides is 1. The maximum Gasteiger partial charge on any atom is 0.347 e. The number of aromatic nitrogens is 1. The molecule has 2 heterocycles. The van der Waals surface area contributed by atoms with Crippen molar-refractivity contribution in [2.45, 2.75) is 18.7 Å². The van der Waals surface area contributed by atoms with E-state index in [4.69, 9.17) is 14.8 Å². The first-order chi connectivity index (χ1) is 8.73. The highest BCUT2D eigenvalue weighted by Gasteiger charge is 2.29. The van der Waals surface area contributed by atoms with Crippen LogP contribution in [0.2, 0.25) is 0 Å². The van der Waals surface area contributed by atoms with Crippen molar-refractivity contribution in [2.24, 2.45) is 5.14 Å². The molecule has 0 spiro atoms. The van der Waals surface area contributed by atoms with Crippen LogP contribution in [0, 0.1) is 13.8 Å². The van der Waals surface area contributed by atoms with Crippen molar-refractivity contribution in [3.05, 3.63) is 21.5 Å². The zero-order valence-corrected chi connectivity index (χ0v) is 11.6. The maximum absolute atomic E-state index is 11.6. The van der Waals surface area contributed by atoms with Gasteiger partial charge < -0.3 is 9.63 Å². The van der Waals surface area contributed by atoms with E-state index >= 15 is 0 Å². The van der Waals surface area contributed by atoms with Crippen LogP contribution in [0.1, 0.15) is 20.9 Å². The monoisotopic (exact) mass is 302 g/mol. The van der Waals surface area contributed by atoms with Gasteiger partial charge in [-0.05, 0) is 13.8 Å². The van der Waals surface area contributed by atoms with Crippen LogP contribution < -0.4 is 5.14 Å². The molecule has 0 saturated heterocycles. The molecule has 2 aromatic rings. The van der Waals surface area contributed by atoms with Crippen LogP contribution in [-0.2, 0) is 10.0 Å².